The van der Waals surface area contributed by atoms with Crippen LogP contribution in [0.15, 0.2) is 30.3 Å². The molecular formula is C15H21N5O. The zero-order valence-electron chi connectivity index (χ0n) is 12.1. The molecule has 1 aromatic heterocycles. The van der Waals surface area contributed by atoms with Crippen LogP contribution in [0.25, 0.3) is 0 Å². The quantitative estimate of drug-likeness (QED) is 0.867. The second kappa shape index (κ2) is 7.17. The number of benzene rings is 1. The highest BCUT2D eigenvalue weighted by molar-refractivity contribution is 5.20. The molecule has 6 nitrogen and oxygen atoms in total. The summed E-state index contributed by atoms with van der Waals surface area (Å²) in [5, 5.41) is 15.4. The van der Waals surface area contributed by atoms with Crippen molar-refractivity contribution in [3.63, 3.8) is 0 Å². The van der Waals surface area contributed by atoms with Crippen LogP contribution >= 0.6 is 0 Å². The molecular weight excluding hydrogens is 266 g/mol. The lowest BCUT2D eigenvalue weighted by Gasteiger charge is -2.22. The van der Waals surface area contributed by atoms with E-state index in [9.17, 15) is 0 Å². The molecule has 2 heterocycles. The highest BCUT2D eigenvalue weighted by Crippen LogP contribution is 2.14. The number of hydrogen-bond donors (Lipinski definition) is 1. The van der Waals surface area contributed by atoms with E-state index in [1.807, 2.05) is 35.0 Å². The van der Waals surface area contributed by atoms with Gasteiger partial charge in [-0.05, 0) is 54.4 Å². The molecule has 1 fully saturated rings. The highest BCUT2D eigenvalue weighted by atomic mass is 16.5. The lowest BCUT2D eigenvalue weighted by molar-refractivity contribution is 0.297. The van der Waals surface area contributed by atoms with Gasteiger partial charge < -0.3 is 10.1 Å². The summed E-state index contributed by atoms with van der Waals surface area (Å²) in [7, 11) is 0. The van der Waals surface area contributed by atoms with Crippen molar-refractivity contribution in [2.45, 2.75) is 25.8 Å². The monoisotopic (exact) mass is 287 g/mol. The van der Waals surface area contributed by atoms with Crippen LogP contribution in [0, 0.1) is 5.92 Å². The van der Waals surface area contributed by atoms with E-state index < -0.39 is 0 Å². The molecule has 0 bridgehead atoms. The minimum atomic E-state index is 0.594. The Morgan fingerprint density at radius 2 is 2.00 bits per heavy atom. The molecule has 0 amide bonds. The molecule has 1 saturated heterocycles. The van der Waals surface area contributed by atoms with Crippen LogP contribution in [0.3, 0.4) is 0 Å². The second-order valence-corrected chi connectivity index (χ2v) is 5.38. The molecule has 2 aromatic rings. The standard InChI is InChI=1S/C15H21N5O/c1-2-4-14(5-3-1)21-11-8-15-17-18-19-20(15)12-13-6-9-16-10-7-13/h1-5,13,16H,6-12H2. The Hall–Kier alpha value is -1.95. The van der Waals surface area contributed by atoms with Crippen LogP contribution in [0.1, 0.15) is 18.7 Å². The van der Waals surface area contributed by atoms with E-state index in [0.29, 0.717) is 12.5 Å². The fourth-order valence-electron chi connectivity index (χ4n) is 2.63. The summed E-state index contributed by atoms with van der Waals surface area (Å²) in [6.45, 7) is 3.70. The maximum Gasteiger partial charge on any atom is 0.154 e. The normalized spacial score (nSPS) is 16.0. The maximum atomic E-state index is 5.71. The first-order valence-corrected chi connectivity index (χ1v) is 7.55. The van der Waals surface area contributed by atoms with Crippen LogP contribution in [-0.4, -0.2) is 39.9 Å². The van der Waals surface area contributed by atoms with Crippen molar-refractivity contribution in [3.05, 3.63) is 36.2 Å². The van der Waals surface area contributed by atoms with Gasteiger partial charge in [0.15, 0.2) is 5.82 Å². The number of ether oxygens (including phenoxy) is 1. The van der Waals surface area contributed by atoms with Crippen molar-refractivity contribution in [1.82, 2.24) is 25.5 Å². The number of para-hydroxylation sites is 1. The predicted octanol–water partition coefficient (Wildman–Crippen LogP) is 1.29. The Balaban J connectivity index is 1.50. The smallest absolute Gasteiger partial charge is 0.154 e. The molecule has 1 aromatic carbocycles. The molecule has 0 unspecified atom stereocenters. The molecule has 1 aliphatic rings. The molecule has 0 saturated carbocycles. The van der Waals surface area contributed by atoms with Gasteiger partial charge in [-0.3, -0.25) is 0 Å². The first kappa shape index (κ1) is 14.0. The lowest BCUT2D eigenvalue weighted by Crippen LogP contribution is -2.30. The van der Waals surface area contributed by atoms with Crippen LogP contribution in [0.4, 0.5) is 0 Å². The zero-order valence-corrected chi connectivity index (χ0v) is 12.1. The Morgan fingerprint density at radius 3 is 2.81 bits per heavy atom. The van der Waals surface area contributed by atoms with Crippen molar-refractivity contribution >= 4 is 0 Å². The maximum absolute atomic E-state index is 5.71. The topological polar surface area (TPSA) is 64.9 Å². The van der Waals surface area contributed by atoms with Gasteiger partial charge in [0.05, 0.1) is 6.61 Å². The van der Waals surface area contributed by atoms with E-state index >= 15 is 0 Å². The molecule has 0 atom stereocenters. The molecule has 1 N–H and O–H groups in total. The number of tetrazole rings is 1. The molecule has 21 heavy (non-hydrogen) atoms. The number of hydrogen-bond acceptors (Lipinski definition) is 5. The number of rotatable bonds is 6. The second-order valence-electron chi connectivity index (χ2n) is 5.38. The van der Waals surface area contributed by atoms with Crippen LogP contribution in [0.5, 0.6) is 5.75 Å². The molecule has 0 radical (unpaired) electrons. The third kappa shape index (κ3) is 4.01. The first-order chi connectivity index (χ1) is 10.4. The fraction of sp³-hybridized carbons (Fsp3) is 0.533. The molecule has 3 rings (SSSR count). The van der Waals surface area contributed by atoms with Crippen molar-refractivity contribution in [1.29, 1.82) is 0 Å². The van der Waals surface area contributed by atoms with Gasteiger partial charge in [0.1, 0.15) is 5.75 Å². The van der Waals surface area contributed by atoms with E-state index in [0.717, 1.165) is 37.6 Å². The molecule has 6 heteroatoms. The summed E-state index contributed by atoms with van der Waals surface area (Å²) in [4.78, 5) is 0. The minimum absolute atomic E-state index is 0.594. The molecule has 0 spiro atoms. The Labute approximate surface area is 124 Å². The van der Waals surface area contributed by atoms with Crippen LogP contribution in [0.2, 0.25) is 0 Å². The van der Waals surface area contributed by atoms with Gasteiger partial charge in [-0.1, -0.05) is 18.2 Å². The van der Waals surface area contributed by atoms with Gasteiger partial charge in [0.2, 0.25) is 0 Å². The van der Waals surface area contributed by atoms with Crippen molar-refractivity contribution in [2.24, 2.45) is 5.92 Å². The SMILES string of the molecule is c1ccc(OCCc2nnnn2CC2CCNCC2)cc1. The van der Waals surface area contributed by atoms with E-state index in [1.165, 1.54) is 12.8 Å². The van der Waals surface area contributed by atoms with Crippen LogP contribution in [-0.2, 0) is 13.0 Å². The van der Waals surface area contributed by atoms with Gasteiger partial charge >= 0.3 is 0 Å². The summed E-state index contributed by atoms with van der Waals surface area (Å²) < 4.78 is 7.64. The van der Waals surface area contributed by atoms with E-state index in [2.05, 4.69) is 20.8 Å². The number of nitrogens with one attached hydrogen (secondary N) is 1. The van der Waals surface area contributed by atoms with E-state index in [-0.39, 0.29) is 0 Å². The van der Waals surface area contributed by atoms with Crippen molar-refractivity contribution in [3.8, 4) is 5.75 Å². The largest absolute Gasteiger partial charge is 0.493 e. The number of piperidine rings is 1. The highest BCUT2D eigenvalue weighted by Gasteiger charge is 2.16. The Kier molecular flexibility index (Phi) is 4.78. The number of nitrogens with zero attached hydrogens (tertiary/aromatic N) is 4. The molecule has 1 aliphatic heterocycles. The van der Waals surface area contributed by atoms with Crippen molar-refractivity contribution in [2.75, 3.05) is 19.7 Å². The summed E-state index contributed by atoms with van der Waals surface area (Å²) in [6.07, 6.45) is 3.12. The lowest BCUT2D eigenvalue weighted by atomic mass is 9.98. The van der Waals surface area contributed by atoms with Gasteiger partial charge in [-0.2, -0.15) is 0 Å². The van der Waals surface area contributed by atoms with Gasteiger partial charge in [0, 0.05) is 13.0 Å². The number of aromatic nitrogens is 4. The molecule has 0 aliphatic carbocycles. The predicted molar refractivity (Wildman–Crippen MR) is 79.1 cm³/mol. The van der Waals surface area contributed by atoms with Crippen LogP contribution < -0.4 is 10.1 Å². The first-order valence-electron chi connectivity index (χ1n) is 7.55. The average molecular weight is 287 g/mol. The third-order valence-corrected chi connectivity index (χ3v) is 3.83. The minimum Gasteiger partial charge on any atom is -0.493 e. The van der Waals surface area contributed by atoms with Crippen molar-refractivity contribution < 1.29 is 4.74 Å². The summed E-state index contributed by atoms with van der Waals surface area (Å²) >= 11 is 0. The van der Waals surface area contributed by atoms with Gasteiger partial charge in [0.25, 0.3) is 0 Å². The summed E-state index contributed by atoms with van der Waals surface area (Å²) in [5.41, 5.74) is 0. The van der Waals surface area contributed by atoms with E-state index in [1.54, 1.807) is 0 Å². The average Bonchev–Trinajstić information content (AvgIpc) is 2.97. The summed E-state index contributed by atoms with van der Waals surface area (Å²) in [6, 6.07) is 9.83. The third-order valence-electron chi connectivity index (χ3n) is 3.83. The molecule has 112 valence electrons. The Morgan fingerprint density at radius 1 is 1.19 bits per heavy atom. The van der Waals surface area contributed by atoms with E-state index in [4.69, 9.17) is 4.74 Å². The zero-order chi connectivity index (χ0) is 14.3. The summed E-state index contributed by atoms with van der Waals surface area (Å²) in [5.74, 6) is 2.46. The Bertz CT molecular complexity index is 536. The van der Waals surface area contributed by atoms with Gasteiger partial charge in [-0.25, -0.2) is 4.68 Å². The van der Waals surface area contributed by atoms with Gasteiger partial charge in [-0.15, -0.1) is 5.10 Å². The fourth-order valence-corrected chi connectivity index (χ4v) is 2.63.